The molecular weight excluding hydrogens is 913 g/mol. The van der Waals surface area contributed by atoms with Crippen LogP contribution in [0.2, 0.25) is 0 Å². The van der Waals surface area contributed by atoms with Gasteiger partial charge in [0.1, 0.15) is 0 Å². The van der Waals surface area contributed by atoms with Crippen molar-refractivity contribution in [1.82, 2.24) is 0 Å². The number of halogens is 16. The van der Waals surface area contributed by atoms with Crippen LogP contribution in [-0.2, 0) is 30.9 Å². The molecule has 52 heavy (non-hydrogen) atoms. The Balaban J connectivity index is 0.00000605. The molecule has 0 heterocycles. The second-order valence-electron chi connectivity index (χ2n) is 11.1. The summed E-state index contributed by atoms with van der Waals surface area (Å²) in [5, 5.41) is 0. The van der Waals surface area contributed by atoms with E-state index in [2.05, 4.69) is 0 Å². The second-order valence-corrected chi connectivity index (χ2v) is 23.7. The number of benzene rings is 5. The van der Waals surface area contributed by atoms with Crippen LogP contribution in [-0.4, -0.2) is 16.8 Å². The summed E-state index contributed by atoms with van der Waals surface area (Å²) in [7, 11) is 0. The Morgan fingerprint density at radius 3 is 0.442 bits per heavy atom. The summed E-state index contributed by atoms with van der Waals surface area (Å²) in [5.41, 5.74) is -6.19. The van der Waals surface area contributed by atoms with Crippen molar-refractivity contribution in [3.8, 4) is 0 Å². The van der Waals surface area contributed by atoms with Gasteiger partial charge in [-0.25, -0.2) is 0 Å². The molecule has 5 rings (SSSR count). The zero-order valence-corrected chi connectivity index (χ0v) is 29.4. The summed E-state index contributed by atoms with van der Waals surface area (Å²) in [6.07, 6.45) is -24.8. The van der Waals surface area contributed by atoms with Crippen molar-refractivity contribution < 1.29 is 82.8 Å². The van der Waals surface area contributed by atoms with Gasteiger partial charge in [-0.2, -0.15) is 0 Å². The van der Waals surface area contributed by atoms with Crippen LogP contribution in [0.15, 0.2) is 121 Å². The molecule has 5 aromatic rings. The molecule has 0 spiro atoms. The largest absolute Gasteiger partial charge is 1.00 e. The molecule has 0 unspecified atom stereocenters. The first-order chi connectivity index (χ1) is 23.4. The van der Waals surface area contributed by atoms with E-state index in [1.807, 2.05) is 0 Å². The number of alkyl halides is 15. The van der Waals surface area contributed by atoms with Gasteiger partial charge < -0.3 is 17.0 Å². The fraction of sp³-hybridized carbons (Fsp3) is 0.143. The minimum atomic E-state index is -6.70. The summed E-state index contributed by atoms with van der Waals surface area (Å²) < 4.78 is 206. The quantitative estimate of drug-likeness (QED) is 0.150. The van der Waals surface area contributed by atoms with Crippen molar-refractivity contribution in [1.29, 1.82) is 0 Å². The first-order valence-electron chi connectivity index (χ1n) is 14.2. The third-order valence-electron chi connectivity index (χ3n) is 8.27. The molecular formula is C35H20BrF15Te. The number of hydrogen-bond acceptors (Lipinski definition) is 0. The Hall–Kier alpha value is -3.68. The van der Waals surface area contributed by atoms with Gasteiger partial charge in [0.05, 0.1) is 0 Å². The van der Waals surface area contributed by atoms with Gasteiger partial charge in [-0.15, -0.1) is 0 Å². The van der Waals surface area contributed by atoms with E-state index in [1.54, 1.807) is 0 Å². The van der Waals surface area contributed by atoms with E-state index in [9.17, 15) is 65.9 Å². The van der Waals surface area contributed by atoms with E-state index in [1.165, 1.54) is 0 Å². The van der Waals surface area contributed by atoms with Crippen molar-refractivity contribution in [2.75, 3.05) is 0 Å². The van der Waals surface area contributed by atoms with E-state index in [0.717, 1.165) is 60.7 Å². The smallest absolute Gasteiger partial charge is 1.00 e. The summed E-state index contributed by atoms with van der Waals surface area (Å²) in [6, 6.07) is 14.6. The zero-order valence-electron chi connectivity index (χ0n) is 25.5. The van der Waals surface area contributed by atoms with Gasteiger partial charge in [0.15, 0.2) is 0 Å². The van der Waals surface area contributed by atoms with Crippen molar-refractivity contribution in [3.05, 3.63) is 149 Å². The summed E-state index contributed by atoms with van der Waals surface area (Å²) in [6.45, 7) is 0. The van der Waals surface area contributed by atoms with Gasteiger partial charge in [0, 0.05) is 0 Å². The van der Waals surface area contributed by atoms with E-state index in [-0.39, 0.29) is 35.0 Å². The van der Waals surface area contributed by atoms with E-state index >= 15 is 0 Å². The monoisotopic (exact) mass is 934 g/mol. The van der Waals surface area contributed by atoms with Crippen LogP contribution in [0.25, 0.3) is 0 Å². The van der Waals surface area contributed by atoms with Crippen LogP contribution in [0.3, 0.4) is 0 Å². The molecule has 0 saturated heterocycles. The summed E-state index contributed by atoms with van der Waals surface area (Å²) >= 11 is -6.70. The van der Waals surface area contributed by atoms with Crippen LogP contribution >= 0.6 is 0 Å². The Bertz CT molecular complexity index is 1640. The molecule has 0 amide bonds. The minimum absolute atomic E-state index is 0. The molecule has 0 aromatic heterocycles. The standard InChI is InChI=1S/C35H20F15Te.BrH/c36-31(37,38)21-1-11-26(12-2-21)51(27-13-3-22(4-14-27)32(39,40)41,28-15-5-23(6-16-28)33(42,43)44,29-17-7-24(8-18-29)34(45,46)47)30-19-9-25(10-20-30)35(48,49)50;/h1-20H;1H/q+1;/p-1. The molecule has 0 aliphatic rings. The zero-order chi connectivity index (χ0) is 37.9. The van der Waals surface area contributed by atoms with E-state index in [0.29, 0.717) is 60.7 Å². The third-order valence-corrected chi connectivity index (χ3v) is 25.6. The SMILES string of the molecule is FC(F)(F)c1ccc([Te+](c2ccc(C(F)(F)F)cc2)(c2ccc(C(F)(F)F)cc2)(c2ccc(C(F)(F)F)cc2)c2ccc(C(F)(F)F)cc2)cc1.[Br-]. The molecule has 0 radical (unpaired) electrons. The number of hydrogen-bond donors (Lipinski definition) is 0. The predicted molar refractivity (Wildman–Crippen MR) is 161 cm³/mol. The molecule has 0 atom stereocenters. The average Bonchev–Trinajstić information content (AvgIpc) is 3.05. The molecule has 0 saturated carbocycles. The maximum absolute atomic E-state index is 13.8. The van der Waals surface area contributed by atoms with Crippen molar-refractivity contribution in [2.24, 2.45) is 0 Å². The summed E-state index contributed by atoms with van der Waals surface area (Å²) in [4.78, 5) is 0. The summed E-state index contributed by atoms with van der Waals surface area (Å²) in [5.74, 6) is 0. The van der Waals surface area contributed by atoms with Crippen LogP contribution in [0.1, 0.15) is 27.8 Å². The van der Waals surface area contributed by atoms with Gasteiger partial charge in [0.25, 0.3) is 0 Å². The van der Waals surface area contributed by atoms with Gasteiger partial charge in [0.2, 0.25) is 0 Å². The fourth-order valence-corrected chi connectivity index (χ4v) is 23.4. The van der Waals surface area contributed by atoms with Gasteiger partial charge in [-0.05, 0) is 0 Å². The van der Waals surface area contributed by atoms with E-state index in [4.69, 9.17) is 0 Å². The van der Waals surface area contributed by atoms with Crippen LogP contribution in [0.5, 0.6) is 0 Å². The van der Waals surface area contributed by atoms with Crippen molar-refractivity contribution in [3.63, 3.8) is 0 Å². The minimum Gasteiger partial charge on any atom is -1.00 e. The topological polar surface area (TPSA) is 0 Å². The molecule has 5 aromatic carbocycles. The normalized spacial score (nSPS) is 13.9. The molecule has 0 fully saturated rings. The Labute approximate surface area is 296 Å². The Kier molecular flexibility index (Phi) is 10.8. The molecule has 0 bridgehead atoms. The van der Waals surface area contributed by atoms with Crippen LogP contribution in [0, 0.1) is 0 Å². The first-order valence-corrected chi connectivity index (χ1v) is 20.0. The van der Waals surface area contributed by atoms with Gasteiger partial charge in [-0.1, -0.05) is 0 Å². The predicted octanol–water partition coefficient (Wildman–Crippen LogP) is 6.02. The van der Waals surface area contributed by atoms with Crippen LogP contribution < -0.4 is 35.0 Å². The molecule has 0 aliphatic carbocycles. The fourth-order valence-electron chi connectivity index (χ4n) is 5.94. The average molecular weight is 933 g/mol. The number of rotatable bonds is 5. The molecule has 0 N–H and O–H groups in total. The molecule has 0 aliphatic heterocycles. The second kappa shape index (κ2) is 13.6. The Morgan fingerprint density at radius 2 is 0.346 bits per heavy atom. The van der Waals surface area contributed by atoms with Gasteiger partial charge >= 0.3 is 281 Å². The van der Waals surface area contributed by atoms with Crippen molar-refractivity contribution >= 4 is 34.9 Å². The van der Waals surface area contributed by atoms with Crippen LogP contribution in [0.4, 0.5) is 65.9 Å². The molecule has 17 heteroatoms. The maximum Gasteiger partial charge on any atom is -1.00 e. The third kappa shape index (κ3) is 7.03. The molecule has 278 valence electrons. The van der Waals surface area contributed by atoms with Gasteiger partial charge in [-0.3, -0.25) is 0 Å². The maximum atomic E-state index is 13.8. The van der Waals surface area contributed by atoms with Crippen molar-refractivity contribution in [2.45, 2.75) is 30.9 Å². The molecule has 0 nitrogen and oxygen atoms in total. The Morgan fingerprint density at radius 1 is 0.231 bits per heavy atom. The van der Waals surface area contributed by atoms with E-state index < -0.39 is 75.5 Å². The first kappa shape index (κ1) is 41.1.